The van der Waals surface area contributed by atoms with Gasteiger partial charge in [0.05, 0.1) is 22.5 Å². The Bertz CT molecular complexity index is 819. The Balaban J connectivity index is 1.56. The first kappa shape index (κ1) is 16.2. The fourth-order valence-corrected chi connectivity index (χ4v) is 3.62. The third-order valence-electron chi connectivity index (χ3n) is 4.62. The minimum Gasteiger partial charge on any atom is -0.300 e. The highest BCUT2D eigenvalue weighted by Crippen LogP contribution is 2.34. The van der Waals surface area contributed by atoms with E-state index in [1.54, 1.807) is 6.20 Å². The molecular weight excluding hydrogens is 334 g/mol. The maximum Gasteiger partial charge on any atom is 0.0762 e. The van der Waals surface area contributed by atoms with Crippen LogP contribution in [-0.4, -0.2) is 20.2 Å². The molecule has 1 aliphatic rings. The van der Waals surface area contributed by atoms with Gasteiger partial charge in [-0.15, -0.1) is 0 Å². The number of aromatic nitrogens is 4. The van der Waals surface area contributed by atoms with Crippen LogP contribution < -0.4 is 5.32 Å². The third-order valence-corrected chi connectivity index (χ3v) is 4.94. The fourth-order valence-electron chi connectivity index (χ4n) is 3.39. The lowest BCUT2D eigenvalue weighted by atomic mass is 9.94. The highest BCUT2D eigenvalue weighted by molar-refractivity contribution is 6.31. The summed E-state index contributed by atoms with van der Waals surface area (Å²) in [6.07, 6.45) is 7.56. The van der Waals surface area contributed by atoms with Crippen molar-refractivity contribution in [1.82, 2.24) is 25.5 Å². The van der Waals surface area contributed by atoms with Gasteiger partial charge in [-0.3, -0.25) is 15.1 Å². The quantitative estimate of drug-likeness (QED) is 0.744. The van der Waals surface area contributed by atoms with Gasteiger partial charge in [0.2, 0.25) is 0 Å². The van der Waals surface area contributed by atoms with Crippen LogP contribution in [0.1, 0.15) is 54.1 Å². The van der Waals surface area contributed by atoms with Gasteiger partial charge < -0.3 is 5.32 Å². The second kappa shape index (κ2) is 7.33. The zero-order valence-corrected chi connectivity index (χ0v) is 14.6. The molecule has 0 amide bonds. The van der Waals surface area contributed by atoms with Crippen molar-refractivity contribution in [3.8, 4) is 0 Å². The number of hydrogen-bond acceptors (Lipinski definition) is 4. The number of aromatic amines is 1. The van der Waals surface area contributed by atoms with Crippen molar-refractivity contribution in [2.75, 3.05) is 0 Å². The van der Waals surface area contributed by atoms with E-state index in [9.17, 15) is 0 Å². The molecule has 0 spiro atoms. The van der Waals surface area contributed by atoms with E-state index in [0.29, 0.717) is 5.02 Å². The van der Waals surface area contributed by atoms with Crippen LogP contribution >= 0.6 is 11.6 Å². The number of nitrogens with zero attached hydrogens (tertiary/aromatic N) is 3. The molecule has 6 heteroatoms. The standard InChI is InChI=1S/C19H20ClN5/c20-15-8-7-13(12-14-9-11-22-25-14)23-19(15)18-6-3-5-17(24-18)16-4-1-2-10-21-16/h1-2,4,7-11,17-18,24H,3,5-6,12H2,(H,22,25)/t17-,18+/m1/s1. The molecular formula is C19H20ClN5. The SMILES string of the molecule is Clc1ccc(Cc2ccn[nH]2)nc1[C@@H]1CCC[C@H](c2ccccn2)N1. The summed E-state index contributed by atoms with van der Waals surface area (Å²) in [6, 6.07) is 12.3. The van der Waals surface area contributed by atoms with Crippen LogP contribution in [0.5, 0.6) is 0 Å². The number of H-pyrrole nitrogens is 1. The van der Waals surface area contributed by atoms with Gasteiger partial charge >= 0.3 is 0 Å². The molecule has 2 N–H and O–H groups in total. The van der Waals surface area contributed by atoms with E-state index in [4.69, 9.17) is 16.6 Å². The first-order chi connectivity index (χ1) is 12.3. The normalized spacial score (nSPS) is 20.5. The Morgan fingerprint density at radius 1 is 1.04 bits per heavy atom. The van der Waals surface area contributed by atoms with Crippen molar-refractivity contribution in [1.29, 1.82) is 0 Å². The van der Waals surface area contributed by atoms with Crippen molar-refractivity contribution < 1.29 is 0 Å². The molecule has 0 aliphatic carbocycles. The lowest BCUT2D eigenvalue weighted by Crippen LogP contribution is -2.32. The van der Waals surface area contributed by atoms with E-state index in [1.807, 2.05) is 36.5 Å². The van der Waals surface area contributed by atoms with Gasteiger partial charge in [-0.1, -0.05) is 17.7 Å². The number of halogens is 1. The van der Waals surface area contributed by atoms with Crippen molar-refractivity contribution in [2.45, 2.75) is 37.8 Å². The Morgan fingerprint density at radius 2 is 1.96 bits per heavy atom. The molecule has 4 heterocycles. The van der Waals surface area contributed by atoms with Crippen molar-refractivity contribution in [3.05, 3.63) is 76.6 Å². The van der Waals surface area contributed by atoms with Crippen LogP contribution in [0.2, 0.25) is 5.02 Å². The zero-order chi connectivity index (χ0) is 17.1. The van der Waals surface area contributed by atoms with Crippen LogP contribution in [0.3, 0.4) is 0 Å². The maximum atomic E-state index is 6.47. The molecule has 128 valence electrons. The molecule has 1 saturated heterocycles. The van der Waals surface area contributed by atoms with Crippen molar-refractivity contribution in [3.63, 3.8) is 0 Å². The molecule has 0 saturated carbocycles. The summed E-state index contributed by atoms with van der Waals surface area (Å²) in [6.45, 7) is 0. The largest absolute Gasteiger partial charge is 0.300 e. The molecule has 0 radical (unpaired) electrons. The Morgan fingerprint density at radius 3 is 2.76 bits per heavy atom. The molecule has 25 heavy (non-hydrogen) atoms. The van der Waals surface area contributed by atoms with Gasteiger partial charge in [0.25, 0.3) is 0 Å². The summed E-state index contributed by atoms with van der Waals surface area (Å²) in [5.74, 6) is 0. The van der Waals surface area contributed by atoms with E-state index in [0.717, 1.165) is 48.5 Å². The van der Waals surface area contributed by atoms with Crippen LogP contribution in [0, 0.1) is 0 Å². The van der Waals surface area contributed by atoms with Gasteiger partial charge in [0.1, 0.15) is 0 Å². The van der Waals surface area contributed by atoms with Crippen LogP contribution in [0.25, 0.3) is 0 Å². The van der Waals surface area contributed by atoms with Crippen LogP contribution in [0.15, 0.2) is 48.8 Å². The minimum atomic E-state index is 0.148. The second-order valence-corrected chi connectivity index (χ2v) is 6.79. The van der Waals surface area contributed by atoms with E-state index in [-0.39, 0.29) is 12.1 Å². The molecule has 5 nitrogen and oxygen atoms in total. The topological polar surface area (TPSA) is 66.5 Å². The predicted molar refractivity (Wildman–Crippen MR) is 97.3 cm³/mol. The van der Waals surface area contributed by atoms with Gasteiger partial charge in [-0.05, 0) is 49.6 Å². The van der Waals surface area contributed by atoms with Crippen molar-refractivity contribution >= 4 is 11.6 Å². The molecule has 1 aliphatic heterocycles. The van der Waals surface area contributed by atoms with Gasteiger partial charge in [-0.2, -0.15) is 5.10 Å². The number of piperidine rings is 1. The Labute approximate surface area is 151 Å². The summed E-state index contributed by atoms with van der Waals surface area (Å²) in [7, 11) is 0. The van der Waals surface area contributed by atoms with Crippen molar-refractivity contribution in [2.24, 2.45) is 0 Å². The second-order valence-electron chi connectivity index (χ2n) is 6.39. The summed E-state index contributed by atoms with van der Waals surface area (Å²) in [4.78, 5) is 9.33. The smallest absolute Gasteiger partial charge is 0.0762 e. The number of hydrogen-bond donors (Lipinski definition) is 2. The van der Waals surface area contributed by atoms with Crippen LogP contribution in [0.4, 0.5) is 0 Å². The average Bonchev–Trinajstić information content (AvgIpc) is 3.17. The lowest BCUT2D eigenvalue weighted by molar-refractivity contribution is 0.321. The molecule has 1 fully saturated rings. The van der Waals surface area contributed by atoms with E-state index >= 15 is 0 Å². The molecule has 0 unspecified atom stereocenters. The molecule has 3 aromatic rings. The Kier molecular flexibility index (Phi) is 4.76. The number of nitrogens with one attached hydrogen (secondary N) is 2. The highest BCUT2D eigenvalue weighted by atomic mass is 35.5. The maximum absolute atomic E-state index is 6.47. The molecule has 3 aromatic heterocycles. The third kappa shape index (κ3) is 3.72. The lowest BCUT2D eigenvalue weighted by Gasteiger charge is -2.31. The fraction of sp³-hybridized carbons (Fsp3) is 0.316. The summed E-state index contributed by atoms with van der Waals surface area (Å²) >= 11 is 6.47. The van der Waals surface area contributed by atoms with Gasteiger partial charge in [0, 0.05) is 36.2 Å². The molecule has 0 aromatic carbocycles. The van der Waals surface area contributed by atoms with E-state index < -0.39 is 0 Å². The monoisotopic (exact) mass is 353 g/mol. The predicted octanol–water partition coefficient (Wildman–Crippen LogP) is 4.00. The summed E-state index contributed by atoms with van der Waals surface area (Å²) in [5, 5.41) is 11.4. The average molecular weight is 354 g/mol. The number of pyridine rings is 2. The minimum absolute atomic E-state index is 0.148. The van der Waals surface area contributed by atoms with Gasteiger partial charge in [0.15, 0.2) is 0 Å². The summed E-state index contributed by atoms with van der Waals surface area (Å²) < 4.78 is 0. The summed E-state index contributed by atoms with van der Waals surface area (Å²) in [5.41, 5.74) is 4.05. The zero-order valence-electron chi connectivity index (χ0n) is 13.8. The van der Waals surface area contributed by atoms with E-state index in [2.05, 4.69) is 26.6 Å². The Hall–Kier alpha value is -2.24. The molecule has 4 rings (SSSR count). The van der Waals surface area contributed by atoms with Crippen LogP contribution in [-0.2, 0) is 6.42 Å². The molecule has 0 bridgehead atoms. The first-order valence-corrected chi connectivity index (χ1v) is 8.98. The van der Waals surface area contributed by atoms with Gasteiger partial charge in [-0.25, -0.2) is 0 Å². The number of rotatable bonds is 4. The molecule has 2 atom stereocenters. The first-order valence-electron chi connectivity index (χ1n) is 8.60. The highest BCUT2D eigenvalue weighted by Gasteiger charge is 2.26. The van der Waals surface area contributed by atoms with E-state index in [1.165, 1.54) is 0 Å².